The van der Waals surface area contributed by atoms with Gasteiger partial charge in [0.05, 0.1) is 15.9 Å². The van der Waals surface area contributed by atoms with Gasteiger partial charge in [-0.1, -0.05) is 71.7 Å². The van der Waals surface area contributed by atoms with Crippen molar-refractivity contribution >= 4 is 61.9 Å². The SMILES string of the molecule is Cc1ccc(-c2cc(C)nc3c2ccc2c(-c4ccc(S(=O)(=O)[O-])cc4)cc(C)nc23)cc1.N#C[S-].[Cu+2].[N-]=C=S. The van der Waals surface area contributed by atoms with E-state index in [0.717, 1.165) is 55.4 Å². The van der Waals surface area contributed by atoms with Crippen LogP contribution in [-0.2, 0) is 39.8 Å². The van der Waals surface area contributed by atoms with E-state index in [4.69, 9.17) is 20.6 Å². The predicted octanol–water partition coefficient (Wildman–Crippen LogP) is 6.62. The number of fused-ring (bicyclic) bond motifs is 3. The standard InChI is InChI=1S/C27H22N2O3S.CHNS.CNS.Cu/c1-16-4-6-19(7-5-16)24-14-17(2)28-26-22(24)12-13-23-25(15-18(3)29-27(23)26)20-8-10-21(11-9-20)33(30,31)32;2*2-1-3;/h4-15H,1-3H3,(H,30,31,32);3H;;/q;;-1;+2/p-2. The van der Waals surface area contributed by atoms with E-state index in [9.17, 15) is 13.0 Å². The first-order chi connectivity index (χ1) is 18.5. The van der Waals surface area contributed by atoms with Crippen LogP contribution >= 0.6 is 12.2 Å². The fraction of sp³-hybridized carbons (Fsp3) is 0.103. The topological polar surface area (TPSA) is 129 Å². The molecule has 1 radical (unpaired) electrons. The Bertz CT molecular complexity index is 1850. The van der Waals surface area contributed by atoms with Gasteiger partial charge in [-0.2, -0.15) is 5.16 Å². The summed E-state index contributed by atoms with van der Waals surface area (Å²) in [6.45, 7) is 5.98. The van der Waals surface area contributed by atoms with Gasteiger partial charge in [0, 0.05) is 22.2 Å². The Balaban J connectivity index is 0.000000737. The minimum Gasteiger partial charge on any atom is -0.753 e. The van der Waals surface area contributed by atoms with E-state index in [1.807, 2.05) is 26.0 Å². The summed E-state index contributed by atoms with van der Waals surface area (Å²) < 4.78 is 34.0. The smallest absolute Gasteiger partial charge is 0.753 e. The third-order valence-corrected chi connectivity index (χ3v) is 6.68. The van der Waals surface area contributed by atoms with Crippen LogP contribution in [0.5, 0.6) is 0 Å². The Kier molecular flexibility index (Phi) is 11.6. The van der Waals surface area contributed by atoms with Crippen LogP contribution in [0.1, 0.15) is 17.0 Å². The van der Waals surface area contributed by atoms with Gasteiger partial charge in [-0.15, -0.1) is 0 Å². The number of hydrogen-bond acceptors (Lipinski definition) is 8. The fourth-order valence-electron chi connectivity index (χ4n) is 4.24. The van der Waals surface area contributed by atoms with E-state index in [2.05, 4.69) is 68.2 Å². The van der Waals surface area contributed by atoms with Crippen molar-refractivity contribution in [3.8, 4) is 27.7 Å². The summed E-state index contributed by atoms with van der Waals surface area (Å²) >= 11 is 7.40. The molecule has 5 rings (SSSR count). The molecule has 0 atom stereocenters. The Morgan fingerprint density at radius 2 is 1.18 bits per heavy atom. The summed E-state index contributed by atoms with van der Waals surface area (Å²) in [6, 6.07) is 22.6. The quantitative estimate of drug-likeness (QED) is 0.0413. The average Bonchev–Trinajstić information content (AvgIpc) is 2.89. The number of nitriles is 1. The van der Waals surface area contributed by atoms with Crippen molar-refractivity contribution < 1.29 is 30.0 Å². The number of hydrogen-bond donors (Lipinski definition) is 0. The van der Waals surface area contributed by atoms with Crippen molar-refractivity contribution in [3.05, 3.63) is 95.2 Å². The van der Waals surface area contributed by atoms with Gasteiger partial charge in [0.15, 0.2) is 0 Å². The number of thiocyanates is 1. The summed E-state index contributed by atoms with van der Waals surface area (Å²) in [5, 5.41) is 18.9. The third-order valence-electron chi connectivity index (χ3n) is 5.83. The zero-order valence-electron chi connectivity index (χ0n) is 21.5. The van der Waals surface area contributed by atoms with Gasteiger partial charge in [0.25, 0.3) is 0 Å². The molecule has 0 aliphatic rings. The van der Waals surface area contributed by atoms with Gasteiger partial charge in [0.1, 0.15) is 10.1 Å². The number of aromatic nitrogens is 2. The predicted molar refractivity (Wildman–Crippen MR) is 159 cm³/mol. The summed E-state index contributed by atoms with van der Waals surface area (Å²) in [7, 11) is -4.49. The molecule has 40 heavy (non-hydrogen) atoms. The maximum absolute atomic E-state index is 11.3. The minimum absolute atomic E-state index is 0. The second kappa shape index (κ2) is 14.2. The van der Waals surface area contributed by atoms with Crippen molar-refractivity contribution in [2.75, 3.05) is 0 Å². The van der Waals surface area contributed by atoms with E-state index in [0.29, 0.717) is 0 Å². The Labute approximate surface area is 254 Å². The Morgan fingerprint density at radius 1 is 0.825 bits per heavy atom. The van der Waals surface area contributed by atoms with E-state index in [-0.39, 0.29) is 22.0 Å². The Hall–Kier alpha value is -3.58. The molecular formula is C29H21CuN4O3S3-. The van der Waals surface area contributed by atoms with Crippen LogP contribution in [0.25, 0.3) is 49.5 Å². The monoisotopic (exact) mass is 632 g/mol. The molecule has 5 aromatic rings. The van der Waals surface area contributed by atoms with Gasteiger partial charge in [0.2, 0.25) is 0 Å². The van der Waals surface area contributed by atoms with Gasteiger partial charge >= 0.3 is 17.1 Å². The molecule has 0 spiro atoms. The van der Waals surface area contributed by atoms with Gasteiger partial charge < -0.3 is 22.6 Å². The molecule has 0 N–H and O–H groups in total. The largest absolute Gasteiger partial charge is 2.00 e. The molecule has 11 heteroatoms. The van der Waals surface area contributed by atoms with E-state index < -0.39 is 10.1 Å². The zero-order valence-corrected chi connectivity index (χ0v) is 24.9. The van der Waals surface area contributed by atoms with Crippen LogP contribution in [-0.4, -0.2) is 28.1 Å². The van der Waals surface area contributed by atoms with Crippen molar-refractivity contribution in [2.24, 2.45) is 0 Å². The Morgan fingerprint density at radius 3 is 1.52 bits per heavy atom. The molecule has 2 heterocycles. The third kappa shape index (κ3) is 7.54. The molecule has 0 aliphatic carbocycles. The summed E-state index contributed by atoms with van der Waals surface area (Å²) in [6.07, 6.45) is 0. The summed E-state index contributed by atoms with van der Waals surface area (Å²) in [5.74, 6) is 0. The number of pyridine rings is 2. The average molecular weight is 633 g/mol. The minimum atomic E-state index is -4.49. The van der Waals surface area contributed by atoms with Crippen LogP contribution in [0.4, 0.5) is 0 Å². The molecule has 0 bridgehead atoms. The number of thiocarbonyl (C=S) groups is 1. The first-order valence-corrected chi connectivity index (χ1v) is 13.6. The molecule has 0 fully saturated rings. The normalized spacial score (nSPS) is 10.2. The van der Waals surface area contributed by atoms with Crippen molar-refractivity contribution in [1.82, 2.24) is 9.97 Å². The maximum atomic E-state index is 11.3. The molecule has 2 aromatic heterocycles. The maximum Gasteiger partial charge on any atom is 2.00 e. The van der Waals surface area contributed by atoms with Crippen LogP contribution in [0, 0.1) is 31.4 Å². The number of isothiocyanates is 1. The van der Waals surface area contributed by atoms with Gasteiger partial charge in [-0.3, -0.25) is 9.97 Å². The second-order valence-corrected chi connectivity index (χ2v) is 10.3. The van der Waals surface area contributed by atoms with Crippen LogP contribution in [0.3, 0.4) is 0 Å². The van der Waals surface area contributed by atoms with Gasteiger partial charge in [-0.05, 0) is 67.3 Å². The molecule has 0 saturated heterocycles. The van der Waals surface area contributed by atoms with Crippen molar-refractivity contribution in [3.63, 3.8) is 0 Å². The first kappa shape index (κ1) is 32.6. The molecule has 3 aromatic carbocycles. The van der Waals surface area contributed by atoms with Gasteiger partial charge in [-0.25, -0.2) is 13.7 Å². The summed E-state index contributed by atoms with van der Waals surface area (Å²) in [4.78, 5) is 9.43. The van der Waals surface area contributed by atoms with Crippen molar-refractivity contribution in [2.45, 2.75) is 25.7 Å². The molecule has 205 valence electrons. The van der Waals surface area contributed by atoms with E-state index in [1.165, 1.54) is 28.3 Å². The molecule has 0 saturated carbocycles. The number of aryl methyl sites for hydroxylation is 3. The molecule has 0 amide bonds. The summed E-state index contributed by atoms with van der Waals surface area (Å²) in [5.41, 5.74) is 8.50. The van der Waals surface area contributed by atoms with Crippen molar-refractivity contribution in [1.29, 1.82) is 5.26 Å². The van der Waals surface area contributed by atoms with Crippen LogP contribution < -0.4 is 0 Å². The molecule has 7 nitrogen and oxygen atoms in total. The second-order valence-electron chi connectivity index (χ2n) is 8.51. The molecular weight excluding hydrogens is 612 g/mol. The van der Waals surface area contributed by atoms with E-state index in [1.54, 1.807) is 12.1 Å². The first-order valence-electron chi connectivity index (χ1n) is 11.4. The number of rotatable bonds is 3. The van der Waals surface area contributed by atoms with Crippen LogP contribution in [0.2, 0.25) is 0 Å². The molecule has 0 aliphatic heterocycles. The fourth-order valence-corrected chi connectivity index (χ4v) is 4.71. The number of benzene rings is 3. The zero-order chi connectivity index (χ0) is 28.7. The van der Waals surface area contributed by atoms with E-state index >= 15 is 0 Å². The van der Waals surface area contributed by atoms with Crippen LogP contribution in [0.15, 0.2) is 77.7 Å². The number of nitrogens with zero attached hydrogens (tertiary/aromatic N) is 4. The molecule has 0 unspecified atom stereocenters.